The van der Waals surface area contributed by atoms with Crippen LogP contribution in [-0.4, -0.2) is 23.0 Å². The summed E-state index contributed by atoms with van der Waals surface area (Å²) in [6.45, 7) is 2.11. The Morgan fingerprint density at radius 2 is 1.85 bits per heavy atom. The van der Waals surface area contributed by atoms with Crippen molar-refractivity contribution in [1.29, 1.82) is 0 Å². The van der Waals surface area contributed by atoms with Gasteiger partial charge in [-0.3, -0.25) is 4.79 Å². The van der Waals surface area contributed by atoms with Crippen LogP contribution in [0.4, 0.5) is 4.39 Å². The highest BCUT2D eigenvalue weighted by Crippen LogP contribution is 2.34. The Kier molecular flexibility index (Phi) is 7.43. The van der Waals surface area contributed by atoms with Crippen molar-refractivity contribution in [1.82, 2.24) is 9.66 Å². The number of ether oxygens (including phenoxy) is 2. The molecule has 34 heavy (non-hydrogen) atoms. The highest BCUT2D eigenvalue weighted by atomic mass is 79.9. The number of nitrogens with zero attached hydrogens (tertiary/aromatic N) is 3. The molecule has 4 aromatic rings. The lowest BCUT2D eigenvalue weighted by Gasteiger charge is -2.14. The summed E-state index contributed by atoms with van der Waals surface area (Å²) in [4.78, 5) is 17.8. The normalized spacial score (nSPS) is 11.3. The first-order valence-electron chi connectivity index (χ1n) is 10.4. The fourth-order valence-corrected chi connectivity index (χ4v) is 4.21. The van der Waals surface area contributed by atoms with Gasteiger partial charge in [-0.2, -0.15) is 9.78 Å². The van der Waals surface area contributed by atoms with Crippen LogP contribution in [0.5, 0.6) is 11.5 Å². The molecular weight excluding hydrogens is 569 g/mol. The van der Waals surface area contributed by atoms with Gasteiger partial charge in [0.05, 0.1) is 24.2 Å². The van der Waals surface area contributed by atoms with Crippen molar-refractivity contribution in [3.8, 4) is 11.5 Å². The van der Waals surface area contributed by atoms with Crippen molar-refractivity contribution in [2.45, 2.75) is 20.0 Å². The van der Waals surface area contributed by atoms with Crippen molar-refractivity contribution in [2.24, 2.45) is 5.10 Å². The molecule has 0 N–H and O–H groups in total. The van der Waals surface area contributed by atoms with E-state index >= 15 is 0 Å². The maximum absolute atomic E-state index is 13.2. The number of aromatic nitrogens is 2. The van der Waals surface area contributed by atoms with Gasteiger partial charge in [0.15, 0.2) is 11.5 Å². The summed E-state index contributed by atoms with van der Waals surface area (Å²) >= 11 is 6.88. The van der Waals surface area contributed by atoms with E-state index in [2.05, 4.69) is 41.9 Å². The smallest absolute Gasteiger partial charge is 0.282 e. The summed E-state index contributed by atoms with van der Waals surface area (Å²) in [6.07, 6.45) is 2.06. The van der Waals surface area contributed by atoms with Crippen LogP contribution in [-0.2, 0) is 13.0 Å². The number of methoxy groups -OCH3 is 1. The summed E-state index contributed by atoms with van der Waals surface area (Å²) in [7, 11) is 1.54. The van der Waals surface area contributed by atoms with Crippen LogP contribution in [0.1, 0.15) is 23.9 Å². The van der Waals surface area contributed by atoms with E-state index in [1.807, 2.05) is 19.1 Å². The summed E-state index contributed by atoms with van der Waals surface area (Å²) < 4.78 is 27.6. The van der Waals surface area contributed by atoms with Crippen LogP contribution in [0.15, 0.2) is 73.4 Å². The maximum Gasteiger partial charge on any atom is 0.282 e. The number of halogens is 3. The van der Waals surface area contributed by atoms with Gasteiger partial charge in [0.1, 0.15) is 18.2 Å². The molecule has 9 heteroatoms. The van der Waals surface area contributed by atoms with Gasteiger partial charge in [-0.1, -0.05) is 50.9 Å². The molecule has 0 aliphatic rings. The average Bonchev–Trinajstić information content (AvgIpc) is 2.83. The first kappa shape index (κ1) is 24.1. The lowest BCUT2D eigenvalue weighted by atomic mass is 10.2. The van der Waals surface area contributed by atoms with Crippen molar-refractivity contribution in [3.63, 3.8) is 0 Å². The zero-order valence-electron chi connectivity index (χ0n) is 18.4. The summed E-state index contributed by atoms with van der Waals surface area (Å²) in [5, 5.41) is 4.93. The number of aryl methyl sites for hydroxylation is 1. The second-order valence-electron chi connectivity index (χ2n) is 7.35. The molecule has 0 atom stereocenters. The fraction of sp³-hybridized carbons (Fsp3) is 0.160. The Labute approximate surface area is 212 Å². The minimum absolute atomic E-state index is 0.199. The van der Waals surface area contributed by atoms with E-state index in [9.17, 15) is 9.18 Å². The zero-order valence-corrected chi connectivity index (χ0v) is 21.6. The van der Waals surface area contributed by atoms with Crippen molar-refractivity contribution in [3.05, 3.63) is 96.7 Å². The quantitative estimate of drug-likeness (QED) is 0.245. The number of benzene rings is 3. The second kappa shape index (κ2) is 10.5. The Balaban J connectivity index is 1.76. The SMILES string of the molecule is CCc1nc2ccc(Br)cc2c(=O)n1N=Cc1cc(Br)cc(OC)c1OCc1ccc(F)cc1. The summed E-state index contributed by atoms with van der Waals surface area (Å²) in [5.41, 5.74) is 1.73. The van der Waals surface area contributed by atoms with E-state index in [1.54, 1.807) is 36.5 Å². The van der Waals surface area contributed by atoms with Crippen LogP contribution in [0.3, 0.4) is 0 Å². The molecule has 0 amide bonds. The van der Waals surface area contributed by atoms with E-state index in [-0.39, 0.29) is 18.0 Å². The van der Waals surface area contributed by atoms with Crippen molar-refractivity contribution >= 4 is 49.0 Å². The maximum atomic E-state index is 13.2. The molecule has 3 aromatic carbocycles. The monoisotopic (exact) mass is 587 g/mol. The highest BCUT2D eigenvalue weighted by molar-refractivity contribution is 9.10. The second-order valence-corrected chi connectivity index (χ2v) is 9.18. The fourth-order valence-electron chi connectivity index (χ4n) is 3.39. The van der Waals surface area contributed by atoms with Crippen LogP contribution < -0.4 is 15.0 Å². The first-order valence-corrected chi connectivity index (χ1v) is 12.0. The topological polar surface area (TPSA) is 65.7 Å². The highest BCUT2D eigenvalue weighted by Gasteiger charge is 2.14. The van der Waals surface area contributed by atoms with Gasteiger partial charge in [0, 0.05) is 20.9 Å². The average molecular weight is 589 g/mol. The molecule has 1 heterocycles. The van der Waals surface area contributed by atoms with Crippen molar-refractivity contribution in [2.75, 3.05) is 7.11 Å². The first-order chi connectivity index (χ1) is 16.4. The number of fused-ring (bicyclic) bond motifs is 1. The Morgan fingerprint density at radius 3 is 2.56 bits per heavy atom. The Morgan fingerprint density at radius 1 is 1.09 bits per heavy atom. The van der Waals surface area contributed by atoms with E-state index in [0.717, 1.165) is 14.5 Å². The van der Waals surface area contributed by atoms with Crippen LogP contribution >= 0.6 is 31.9 Å². The molecule has 0 saturated carbocycles. The zero-order chi connectivity index (χ0) is 24.2. The lowest BCUT2D eigenvalue weighted by molar-refractivity contribution is 0.284. The van der Waals surface area contributed by atoms with Crippen LogP contribution in [0.2, 0.25) is 0 Å². The van der Waals surface area contributed by atoms with Crippen LogP contribution in [0.25, 0.3) is 10.9 Å². The third kappa shape index (κ3) is 5.20. The molecule has 0 unspecified atom stereocenters. The van der Waals surface area contributed by atoms with Crippen LogP contribution in [0, 0.1) is 5.82 Å². The molecule has 6 nitrogen and oxygen atoms in total. The predicted molar refractivity (Wildman–Crippen MR) is 137 cm³/mol. The number of hydrogen-bond acceptors (Lipinski definition) is 5. The number of hydrogen-bond donors (Lipinski definition) is 0. The standard InChI is InChI=1S/C25H20Br2FN3O3/c1-3-23-30-21-9-6-17(26)11-20(21)25(32)31(23)29-13-16-10-18(27)12-22(33-2)24(16)34-14-15-4-7-19(28)8-5-15/h4-13H,3,14H2,1-2H3. The molecule has 0 radical (unpaired) electrons. The lowest BCUT2D eigenvalue weighted by Crippen LogP contribution is -2.22. The molecule has 0 spiro atoms. The third-order valence-corrected chi connectivity index (χ3v) is 6.02. The molecule has 0 bridgehead atoms. The molecule has 0 fully saturated rings. The van der Waals surface area contributed by atoms with E-state index in [0.29, 0.717) is 40.2 Å². The molecule has 174 valence electrons. The molecule has 0 saturated heterocycles. The number of rotatable bonds is 7. The Bertz CT molecular complexity index is 1440. The molecule has 0 aliphatic carbocycles. The van der Waals surface area contributed by atoms with Crippen molar-refractivity contribution < 1.29 is 13.9 Å². The van der Waals surface area contributed by atoms with Gasteiger partial charge >= 0.3 is 0 Å². The predicted octanol–water partition coefficient (Wildman–Crippen LogP) is 6.09. The third-order valence-electron chi connectivity index (χ3n) is 5.07. The molecule has 0 aliphatic heterocycles. The molecule has 4 rings (SSSR count). The van der Waals surface area contributed by atoms with Gasteiger partial charge in [0.2, 0.25) is 0 Å². The van der Waals surface area contributed by atoms with Gasteiger partial charge in [-0.05, 0) is 48.0 Å². The van der Waals surface area contributed by atoms with Gasteiger partial charge < -0.3 is 9.47 Å². The van der Waals surface area contributed by atoms with Gasteiger partial charge in [-0.25, -0.2) is 9.37 Å². The van der Waals surface area contributed by atoms with Gasteiger partial charge in [-0.15, -0.1) is 0 Å². The van der Waals surface area contributed by atoms with Gasteiger partial charge in [0.25, 0.3) is 5.56 Å². The van der Waals surface area contributed by atoms with E-state index < -0.39 is 0 Å². The summed E-state index contributed by atoms with van der Waals surface area (Å²) in [5.74, 6) is 1.15. The molecule has 1 aromatic heterocycles. The minimum atomic E-state index is -0.314. The molecular formula is C25H20Br2FN3O3. The summed E-state index contributed by atoms with van der Waals surface area (Å²) in [6, 6.07) is 15.0. The largest absolute Gasteiger partial charge is 0.493 e. The van der Waals surface area contributed by atoms with E-state index in [1.165, 1.54) is 23.9 Å². The minimum Gasteiger partial charge on any atom is -0.493 e. The Hall–Kier alpha value is -3.04. The van der Waals surface area contributed by atoms with E-state index in [4.69, 9.17) is 9.47 Å².